The number of halogens is 2. The van der Waals surface area contributed by atoms with Gasteiger partial charge in [-0.05, 0) is 17.7 Å². The van der Waals surface area contributed by atoms with E-state index in [-0.39, 0.29) is 0 Å². The predicted octanol–water partition coefficient (Wildman–Crippen LogP) is 2.28. The molecule has 14 heavy (non-hydrogen) atoms. The third-order valence-electron chi connectivity index (χ3n) is 1.50. The molecule has 0 aliphatic heterocycles. The molecule has 0 bridgehead atoms. The molecule has 78 valence electrons. The fourth-order valence-electron chi connectivity index (χ4n) is 0.813. The number of rotatable bonds is 2. The van der Waals surface area contributed by atoms with Crippen LogP contribution in [0.5, 0.6) is 0 Å². The van der Waals surface area contributed by atoms with Gasteiger partial charge in [0.25, 0.3) is 0 Å². The SMILES string of the molecule is CCl.N[C@@H](C(=O)O)c1ccc(Cl)cc1. The summed E-state index contributed by atoms with van der Waals surface area (Å²) in [5, 5.41) is 9.11. The van der Waals surface area contributed by atoms with Crippen LogP contribution >= 0.6 is 23.2 Å². The maximum Gasteiger partial charge on any atom is 0.325 e. The molecule has 0 heterocycles. The third-order valence-corrected chi connectivity index (χ3v) is 1.75. The van der Waals surface area contributed by atoms with E-state index in [0.29, 0.717) is 10.6 Å². The quantitative estimate of drug-likeness (QED) is 0.774. The number of carboxylic acid groups (broad SMARTS) is 1. The normalized spacial score (nSPS) is 11.1. The van der Waals surface area contributed by atoms with Gasteiger partial charge in [0.05, 0.1) is 0 Å². The molecule has 3 nitrogen and oxygen atoms in total. The van der Waals surface area contributed by atoms with Gasteiger partial charge in [-0.25, -0.2) is 0 Å². The Hall–Kier alpha value is -0.770. The number of hydrogen-bond acceptors (Lipinski definition) is 2. The highest BCUT2D eigenvalue weighted by atomic mass is 35.5. The van der Waals surface area contributed by atoms with Crippen molar-refractivity contribution in [3.63, 3.8) is 0 Å². The van der Waals surface area contributed by atoms with E-state index in [2.05, 4.69) is 11.6 Å². The van der Waals surface area contributed by atoms with Crippen molar-refractivity contribution < 1.29 is 9.90 Å². The van der Waals surface area contributed by atoms with E-state index in [1.165, 1.54) is 6.38 Å². The lowest BCUT2D eigenvalue weighted by molar-refractivity contribution is -0.138. The number of aliphatic carboxylic acids is 1. The maximum absolute atomic E-state index is 10.4. The fourth-order valence-corrected chi connectivity index (χ4v) is 0.939. The summed E-state index contributed by atoms with van der Waals surface area (Å²) in [5.41, 5.74) is 5.89. The van der Waals surface area contributed by atoms with E-state index < -0.39 is 12.0 Å². The molecule has 1 atom stereocenters. The standard InChI is InChI=1S/C8H8ClNO2.CH3Cl/c9-6-3-1-5(2-4-6)7(10)8(11)12;1-2/h1-4,7H,10H2,(H,11,12);1H3/t7-;/m1./s1. The van der Waals surface area contributed by atoms with Crippen LogP contribution in [0.4, 0.5) is 0 Å². The summed E-state index contributed by atoms with van der Waals surface area (Å²) in [7, 11) is 0. The molecule has 0 saturated heterocycles. The van der Waals surface area contributed by atoms with Crippen LogP contribution in [0.1, 0.15) is 11.6 Å². The molecule has 3 N–H and O–H groups in total. The van der Waals surface area contributed by atoms with E-state index >= 15 is 0 Å². The van der Waals surface area contributed by atoms with E-state index in [9.17, 15) is 4.79 Å². The first kappa shape index (κ1) is 13.2. The van der Waals surface area contributed by atoms with Gasteiger partial charge < -0.3 is 10.8 Å². The predicted molar refractivity (Wildman–Crippen MR) is 57.8 cm³/mol. The first-order chi connectivity index (χ1) is 6.61. The Morgan fingerprint density at radius 3 is 2.14 bits per heavy atom. The molecule has 0 aromatic heterocycles. The average Bonchev–Trinajstić information content (AvgIpc) is 2.21. The molecule has 1 aromatic rings. The van der Waals surface area contributed by atoms with Gasteiger partial charge in [-0.1, -0.05) is 23.7 Å². The van der Waals surface area contributed by atoms with Crippen molar-refractivity contribution in [1.29, 1.82) is 0 Å². The third kappa shape index (κ3) is 3.96. The summed E-state index contributed by atoms with van der Waals surface area (Å²) >= 11 is 10.2. The van der Waals surface area contributed by atoms with Crippen LogP contribution in [-0.2, 0) is 4.79 Å². The number of benzene rings is 1. The number of carbonyl (C=O) groups is 1. The second-order valence-corrected chi connectivity index (χ2v) is 2.80. The summed E-state index contributed by atoms with van der Waals surface area (Å²) in [6.45, 7) is 0. The molecule has 0 amide bonds. The molecule has 0 fully saturated rings. The van der Waals surface area contributed by atoms with Crippen molar-refractivity contribution in [3.05, 3.63) is 34.9 Å². The van der Waals surface area contributed by atoms with E-state index in [1.54, 1.807) is 24.3 Å². The van der Waals surface area contributed by atoms with Gasteiger partial charge in [0, 0.05) is 11.4 Å². The monoisotopic (exact) mass is 235 g/mol. The molecule has 0 aliphatic carbocycles. The van der Waals surface area contributed by atoms with Gasteiger partial charge in [-0.15, -0.1) is 11.6 Å². The topological polar surface area (TPSA) is 63.3 Å². The number of alkyl halides is 1. The Balaban J connectivity index is 0.000000791. The summed E-state index contributed by atoms with van der Waals surface area (Å²) in [6, 6.07) is 5.45. The largest absolute Gasteiger partial charge is 0.480 e. The van der Waals surface area contributed by atoms with Crippen LogP contribution in [0.2, 0.25) is 5.02 Å². The highest BCUT2D eigenvalue weighted by Gasteiger charge is 2.12. The molecule has 0 radical (unpaired) electrons. The van der Waals surface area contributed by atoms with Gasteiger partial charge in [0.15, 0.2) is 0 Å². The lowest BCUT2D eigenvalue weighted by Gasteiger charge is -2.05. The molecule has 0 aliphatic rings. The van der Waals surface area contributed by atoms with Crippen molar-refractivity contribution in [3.8, 4) is 0 Å². The van der Waals surface area contributed by atoms with Crippen molar-refractivity contribution in [1.82, 2.24) is 0 Å². The number of carboxylic acids is 1. The van der Waals surface area contributed by atoms with Gasteiger partial charge in [-0.2, -0.15) is 0 Å². The van der Waals surface area contributed by atoms with E-state index in [1.807, 2.05) is 0 Å². The minimum absolute atomic E-state index is 0.548. The first-order valence-electron chi connectivity index (χ1n) is 3.73. The summed E-state index contributed by atoms with van der Waals surface area (Å²) in [6.07, 6.45) is 1.47. The minimum Gasteiger partial charge on any atom is -0.480 e. The maximum atomic E-state index is 10.4. The summed E-state index contributed by atoms with van der Waals surface area (Å²) < 4.78 is 0. The Bertz CT molecular complexity index is 287. The van der Waals surface area contributed by atoms with E-state index in [0.717, 1.165) is 0 Å². The van der Waals surface area contributed by atoms with E-state index in [4.69, 9.17) is 22.4 Å². The molecular weight excluding hydrogens is 225 g/mol. The Labute approximate surface area is 92.4 Å². The molecule has 0 unspecified atom stereocenters. The number of nitrogens with two attached hydrogens (primary N) is 1. The van der Waals surface area contributed by atoms with Gasteiger partial charge in [-0.3, -0.25) is 4.79 Å². The average molecular weight is 236 g/mol. The Kier molecular flexibility index (Phi) is 6.28. The minimum atomic E-state index is -1.04. The van der Waals surface area contributed by atoms with Crippen molar-refractivity contribution in [2.75, 3.05) is 6.38 Å². The Morgan fingerprint density at radius 1 is 1.36 bits per heavy atom. The summed E-state index contributed by atoms with van der Waals surface area (Å²) in [4.78, 5) is 10.4. The van der Waals surface area contributed by atoms with Crippen LogP contribution in [0.15, 0.2) is 24.3 Å². The zero-order chi connectivity index (χ0) is 11.1. The molecule has 0 spiro atoms. The molecule has 5 heteroatoms. The van der Waals surface area contributed by atoms with Crippen LogP contribution in [0, 0.1) is 0 Å². The summed E-state index contributed by atoms with van der Waals surface area (Å²) in [5.74, 6) is -1.04. The van der Waals surface area contributed by atoms with Crippen molar-refractivity contribution >= 4 is 29.2 Å². The lowest BCUT2D eigenvalue weighted by Crippen LogP contribution is -2.20. The van der Waals surface area contributed by atoms with Crippen LogP contribution in [-0.4, -0.2) is 17.5 Å². The molecule has 1 aromatic carbocycles. The zero-order valence-corrected chi connectivity index (χ0v) is 9.09. The van der Waals surface area contributed by atoms with Crippen molar-refractivity contribution in [2.24, 2.45) is 5.73 Å². The zero-order valence-electron chi connectivity index (χ0n) is 7.58. The lowest BCUT2D eigenvalue weighted by atomic mass is 10.1. The van der Waals surface area contributed by atoms with Gasteiger partial charge in [0.2, 0.25) is 0 Å². The molecular formula is C9H11Cl2NO2. The highest BCUT2D eigenvalue weighted by Crippen LogP contribution is 2.14. The second-order valence-electron chi connectivity index (χ2n) is 2.37. The fraction of sp³-hybridized carbons (Fsp3) is 0.222. The smallest absolute Gasteiger partial charge is 0.325 e. The van der Waals surface area contributed by atoms with Gasteiger partial charge >= 0.3 is 5.97 Å². The highest BCUT2D eigenvalue weighted by molar-refractivity contribution is 6.30. The van der Waals surface area contributed by atoms with Crippen LogP contribution in [0.25, 0.3) is 0 Å². The molecule has 0 saturated carbocycles. The Morgan fingerprint density at radius 2 is 1.79 bits per heavy atom. The number of hydrogen-bond donors (Lipinski definition) is 2. The van der Waals surface area contributed by atoms with Crippen molar-refractivity contribution in [2.45, 2.75) is 6.04 Å². The first-order valence-corrected chi connectivity index (χ1v) is 4.86. The van der Waals surface area contributed by atoms with Crippen LogP contribution in [0.3, 0.4) is 0 Å². The molecule has 1 rings (SSSR count). The van der Waals surface area contributed by atoms with Crippen LogP contribution < -0.4 is 5.73 Å². The van der Waals surface area contributed by atoms with Gasteiger partial charge in [0.1, 0.15) is 6.04 Å². The second kappa shape index (κ2) is 6.65.